The van der Waals surface area contributed by atoms with Crippen LogP contribution in [-0.4, -0.2) is 4.98 Å². The van der Waals surface area contributed by atoms with E-state index in [2.05, 4.69) is 36.2 Å². The Balaban J connectivity index is 2.16. The molecule has 14 heavy (non-hydrogen) atoms. The molecule has 1 nitrogen and oxygen atoms in total. The lowest BCUT2D eigenvalue weighted by Gasteiger charge is -2.00. The van der Waals surface area contributed by atoms with Crippen LogP contribution in [0.5, 0.6) is 0 Å². The van der Waals surface area contributed by atoms with Gasteiger partial charge in [-0.25, -0.2) is 4.98 Å². The number of hydrogen-bond acceptors (Lipinski definition) is 2. The molecule has 0 radical (unpaired) electrons. The van der Waals surface area contributed by atoms with Crippen LogP contribution in [-0.2, 0) is 0 Å². The lowest BCUT2D eigenvalue weighted by molar-refractivity contribution is 1.13. The van der Waals surface area contributed by atoms with E-state index in [0.29, 0.717) is 0 Å². The molecular formula is C12H11NS. The molecule has 0 spiro atoms. The molecule has 0 unspecified atom stereocenters. The Morgan fingerprint density at radius 1 is 1.00 bits per heavy atom. The molecule has 0 amide bonds. The van der Waals surface area contributed by atoms with Crippen molar-refractivity contribution in [3.05, 3.63) is 54.2 Å². The van der Waals surface area contributed by atoms with Gasteiger partial charge in [-0.3, -0.25) is 0 Å². The third-order valence-electron chi connectivity index (χ3n) is 1.88. The highest BCUT2D eigenvalue weighted by Crippen LogP contribution is 2.25. The first-order valence-electron chi connectivity index (χ1n) is 4.50. The summed E-state index contributed by atoms with van der Waals surface area (Å²) in [4.78, 5) is 5.49. The standard InChI is InChI=1S/C12H11NS/c1-10-5-7-11(8-6-10)14-12-4-2-3-9-13-12/h2-9H,1H3. The van der Waals surface area contributed by atoms with Crippen molar-refractivity contribution in [2.45, 2.75) is 16.8 Å². The second-order valence-corrected chi connectivity index (χ2v) is 4.18. The Hall–Kier alpha value is -1.28. The maximum atomic E-state index is 4.26. The predicted octanol–water partition coefficient (Wildman–Crippen LogP) is 3.54. The molecule has 0 N–H and O–H groups in total. The Bertz CT molecular complexity index is 394. The zero-order chi connectivity index (χ0) is 9.80. The van der Waals surface area contributed by atoms with Crippen LogP contribution in [0.1, 0.15) is 5.56 Å². The summed E-state index contributed by atoms with van der Waals surface area (Å²) < 4.78 is 0. The van der Waals surface area contributed by atoms with Crippen molar-refractivity contribution in [3.63, 3.8) is 0 Å². The summed E-state index contributed by atoms with van der Waals surface area (Å²) in [5.74, 6) is 0. The van der Waals surface area contributed by atoms with Crippen molar-refractivity contribution in [2.24, 2.45) is 0 Å². The smallest absolute Gasteiger partial charge is 0.101 e. The van der Waals surface area contributed by atoms with Gasteiger partial charge in [0, 0.05) is 11.1 Å². The molecule has 0 saturated heterocycles. The van der Waals surface area contributed by atoms with Gasteiger partial charge in [-0.1, -0.05) is 35.5 Å². The van der Waals surface area contributed by atoms with E-state index >= 15 is 0 Å². The fourth-order valence-electron chi connectivity index (χ4n) is 1.13. The third-order valence-corrected chi connectivity index (χ3v) is 2.84. The molecule has 2 heteroatoms. The molecule has 0 aliphatic heterocycles. The lowest BCUT2D eigenvalue weighted by atomic mass is 10.2. The number of nitrogens with zero attached hydrogens (tertiary/aromatic N) is 1. The third kappa shape index (κ3) is 2.36. The molecule has 0 bridgehead atoms. The number of aryl methyl sites for hydroxylation is 1. The summed E-state index contributed by atoms with van der Waals surface area (Å²) in [5, 5.41) is 1.04. The van der Waals surface area contributed by atoms with E-state index < -0.39 is 0 Å². The second-order valence-electron chi connectivity index (χ2n) is 3.08. The van der Waals surface area contributed by atoms with Gasteiger partial charge >= 0.3 is 0 Å². The molecule has 2 rings (SSSR count). The summed E-state index contributed by atoms with van der Waals surface area (Å²) >= 11 is 1.69. The maximum absolute atomic E-state index is 4.26. The first-order valence-corrected chi connectivity index (χ1v) is 5.32. The number of hydrogen-bond donors (Lipinski definition) is 0. The maximum Gasteiger partial charge on any atom is 0.101 e. The van der Waals surface area contributed by atoms with Gasteiger partial charge in [-0.15, -0.1) is 0 Å². The Morgan fingerprint density at radius 2 is 1.79 bits per heavy atom. The molecule has 2 aromatic rings. The summed E-state index contributed by atoms with van der Waals surface area (Å²) in [7, 11) is 0. The molecule has 0 atom stereocenters. The van der Waals surface area contributed by atoms with Gasteiger partial charge in [0.1, 0.15) is 5.03 Å². The molecular weight excluding hydrogens is 190 g/mol. The van der Waals surface area contributed by atoms with Crippen LogP contribution in [0.25, 0.3) is 0 Å². The lowest BCUT2D eigenvalue weighted by Crippen LogP contribution is -1.77. The molecule has 1 aromatic heterocycles. The van der Waals surface area contributed by atoms with Crippen LogP contribution in [0.2, 0.25) is 0 Å². The van der Waals surface area contributed by atoms with E-state index in [1.54, 1.807) is 11.8 Å². The molecule has 0 saturated carbocycles. The molecule has 1 aromatic carbocycles. The van der Waals surface area contributed by atoms with E-state index in [4.69, 9.17) is 0 Å². The highest BCUT2D eigenvalue weighted by atomic mass is 32.2. The van der Waals surface area contributed by atoms with E-state index in [0.717, 1.165) is 5.03 Å². The number of rotatable bonds is 2. The van der Waals surface area contributed by atoms with Crippen LogP contribution in [0, 0.1) is 6.92 Å². The quantitative estimate of drug-likeness (QED) is 0.737. The van der Waals surface area contributed by atoms with Gasteiger partial charge in [0.05, 0.1) is 0 Å². The first kappa shape index (κ1) is 9.28. The molecule has 70 valence electrons. The van der Waals surface area contributed by atoms with Gasteiger partial charge in [0.2, 0.25) is 0 Å². The minimum absolute atomic E-state index is 1.04. The zero-order valence-corrected chi connectivity index (χ0v) is 8.79. The molecule has 1 heterocycles. The fraction of sp³-hybridized carbons (Fsp3) is 0.0833. The topological polar surface area (TPSA) is 12.9 Å². The van der Waals surface area contributed by atoms with Crippen LogP contribution in [0.4, 0.5) is 0 Å². The SMILES string of the molecule is Cc1ccc(Sc2ccccn2)cc1. The van der Waals surface area contributed by atoms with Gasteiger partial charge in [-0.2, -0.15) is 0 Å². The summed E-state index contributed by atoms with van der Waals surface area (Å²) in [5.41, 5.74) is 1.29. The molecule has 0 aliphatic carbocycles. The highest BCUT2D eigenvalue weighted by molar-refractivity contribution is 7.99. The average molecular weight is 201 g/mol. The van der Waals surface area contributed by atoms with Crippen LogP contribution in [0.15, 0.2) is 58.6 Å². The monoisotopic (exact) mass is 201 g/mol. The van der Waals surface area contributed by atoms with Gasteiger partial charge in [0.15, 0.2) is 0 Å². The summed E-state index contributed by atoms with van der Waals surface area (Å²) in [6, 6.07) is 14.4. The highest BCUT2D eigenvalue weighted by Gasteiger charge is 1.96. The largest absolute Gasteiger partial charge is 0.250 e. The number of benzene rings is 1. The van der Waals surface area contributed by atoms with Gasteiger partial charge in [-0.05, 0) is 31.2 Å². The van der Waals surface area contributed by atoms with Gasteiger partial charge < -0.3 is 0 Å². The minimum Gasteiger partial charge on any atom is -0.250 e. The van der Waals surface area contributed by atoms with Crippen molar-refractivity contribution in [1.82, 2.24) is 4.98 Å². The summed E-state index contributed by atoms with van der Waals surface area (Å²) in [6.07, 6.45) is 1.82. The van der Waals surface area contributed by atoms with E-state index in [-0.39, 0.29) is 0 Å². The van der Waals surface area contributed by atoms with Crippen molar-refractivity contribution in [3.8, 4) is 0 Å². The van der Waals surface area contributed by atoms with Crippen molar-refractivity contribution in [1.29, 1.82) is 0 Å². The van der Waals surface area contributed by atoms with Crippen molar-refractivity contribution < 1.29 is 0 Å². The Labute approximate surface area is 88.2 Å². The van der Waals surface area contributed by atoms with E-state index in [1.165, 1.54) is 10.5 Å². The van der Waals surface area contributed by atoms with Crippen molar-refractivity contribution >= 4 is 11.8 Å². The molecule has 0 fully saturated rings. The van der Waals surface area contributed by atoms with Gasteiger partial charge in [0.25, 0.3) is 0 Å². The predicted molar refractivity (Wildman–Crippen MR) is 59.5 cm³/mol. The minimum atomic E-state index is 1.04. The zero-order valence-electron chi connectivity index (χ0n) is 7.97. The molecule has 0 aliphatic rings. The van der Waals surface area contributed by atoms with E-state index in [9.17, 15) is 0 Å². The van der Waals surface area contributed by atoms with Crippen LogP contribution in [0.3, 0.4) is 0 Å². The Morgan fingerprint density at radius 3 is 2.43 bits per heavy atom. The second kappa shape index (κ2) is 4.29. The number of pyridine rings is 1. The normalized spacial score (nSPS) is 10.1. The van der Waals surface area contributed by atoms with E-state index in [1.807, 2.05) is 24.4 Å². The Kier molecular flexibility index (Phi) is 2.84. The summed E-state index contributed by atoms with van der Waals surface area (Å²) in [6.45, 7) is 2.09. The average Bonchev–Trinajstić information content (AvgIpc) is 2.23. The number of aromatic nitrogens is 1. The van der Waals surface area contributed by atoms with Crippen molar-refractivity contribution in [2.75, 3.05) is 0 Å². The fourth-order valence-corrected chi connectivity index (χ4v) is 1.91. The first-order chi connectivity index (χ1) is 6.84. The van der Waals surface area contributed by atoms with Crippen LogP contribution < -0.4 is 0 Å². The van der Waals surface area contributed by atoms with Crippen LogP contribution >= 0.6 is 11.8 Å².